The second kappa shape index (κ2) is 10.4. The summed E-state index contributed by atoms with van der Waals surface area (Å²) in [4.78, 5) is 28.5. The Bertz CT molecular complexity index is 826. The number of hydrogen-bond donors (Lipinski definition) is 1. The summed E-state index contributed by atoms with van der Waals surface area (Å²) in [6.07, 6.45) is 2.97. The minimum Gasteiger partial charge on any atom is -0.452 e. The smallest absolute Gasteiger partial charge is 0.331 e. The predicted octanol–water partition coefficient (Wildman–Crippen LogP) is 3.02. The summed E-state index contributed by atoms with van der Waals surface area (Å²) in [7, 11) is 0. The van der Waals surface area contributed by atoms with Crippen molar-refractivity contribution in [3.63, 3.8) is 0 Å². The number of nitrogens with zero attached hydrogens (tertiary/aromatic N) is 2. The topological polar surface area (TPSA) is 61.9 Å². The minimum atomic E-state index is -0.550. The Balaban J connectivity index is 1.42. The van der Waals surface area contributed by atoms with Gasteiger partial charge in [0, 0.05) is 43.6 Å². The molecule has 0 atom stereocenters. The van der Waals surface area contributed by atoms with Gasteiger partial charge in [-0.2, -0.15) is 0 Å². The second-order valence-corrected chi connectivity index (χ2v) is 6.87. The molecule has 1 saturated heterocycles. The first-order chi connectivity index (χ1) is 14.1. The molecule has 1 N–H and O–H groups in total. The van der Waals surface area contributed by atoms with Gasteiger partial charge in [0.25, 0.3) is 5.91 Å². The number of piperazine rings is 1. The van der Waals surface area contributed by atoms with Gasteiger partial charge < -0.3 is 19.9 Å². The monoisotopic (exact) mass is 393 g/mol. The Labute approximate surface area is 171 Å². The minimum absolute atomic E-state index is 0.321. The van der Waals surface area contributed by atoms with Crippen molar-refractivity contribution in [2.24, 2.45) is 0 Å². The van der Waals surface area contributed by atoms with Gasteiger partial charge in [-0.05, 0) is 42.4 Å². The Morgan fingerprint density at radius 1 is 1.00 bits per heavy atom. The average molecular weight is 393 g/mol. The first-order valence-corrected chi connectivity index (χ1v) is 9.91. The standard InChI is InChI=1S/C23H27N3O3/c1-2-25-14-16-26(17-15-25)21-11-9-20(10-12-21)24-22(27)18-29-23(28)13-8-19-6-4-3-5-7-19/h3-13H,2,14-18H2,1H3,(H,24,27)/b13-8+. The molecule has 1 heterocycles. The molecule has 0 unspecified atom stereocenters. The van der Waals surface area contributed by atoms with Crippen LogP contribution in [0.1, 0.15) is 12.5 Å². The van der Waals surface area contributed by atoms with Crippen LogP contribution in [0.15, 0.2) is 60.7 Å². The number of nitrogens with one attached hydrogen (secondary N) is 1. The van der Waals surface area contributed by atoms with Gasteiger partial charge in [-0.25, -0.2) is 4.79 Å². The van der Waals surface area contributed by atoms with Crippen LogP contribution in [-0.4, -0.2) is 56.1 Å². The van der Waals surface area contributed by atoms with Crippen LogP contribution in [-0.2, 0) is 14.3 Å². The molecule has 0 spiro atoms. The maximum atomic E-state index is 12.0. The summed E-state index contributed by atoms with van der Waals surface area (Å²) >= 11 is 0. The van der Waals surface area contributed by atoms with E-state index in [4.69, 9.17) is 4.74 Å². The van der Waals surface area contributed by atoms with Crippen LogP contribution in [0.25, 0.3) is 6.08 Å². The van der Waals surface area contributed by atoms with E-state index in [9.17, 15) is 9.59 Å². The molecule has 0 aliphatic carbocycles. The number of amides is 1. The highest BCUT2D eigenvalue weighted by molar-refractivity contribution is 5.94. The first kappa shape index (κ1) is 20.6. The van der Waals surface area contributed by atoms with E-state index < -0.39 is 5.97 Å². The third-order valence-electron chi connectivity index (χ3n) is 4.89. The number of benzene rings is 2. The summed E-state index contributed by atoms with van der Waals surface area (Å²) in [5, 5.41) is 2.75. The number of esters is 1. The maximum Gasteiger partial charge on any atom is 0.331 e. The van der Waals surface area contributed by atoms with E-state index in [1.54, 1.807) is 6.08 Å². The molecule has 0 bridgehead atoms. The van der Waals surface area contributed by atoms with Crippen LogP contribution in [0.4, 0.5) is 11.4 Å². The molecule has 6 heteroatoms. The molecule has 0 radical (unpaired) electrons. The zero-order chi connectivity index (χ0) is 20.5. The zero-order valence-corrected chi connectivity index (χ0v) is 16.7. The van der Waals surface area contributed by atoms with Crippen LogP contribution in [0.5, 0.6) is 0 Å². The fraction of sp³-hybridized carbons (Fsp3) is 0.304. The number of carbonyl (C=O) groups is 2. The lowest BCUT2D eigenvalue weighted by molar-refractivity contribution is -0.142. The Hall–Kier alpha value is -3.12. The van der Waals surface area contributed by atoms with E-state index in [1.165, 1.54) is 6.08 Å². The summed E-state index contributed by atoms with van der Waals surface area (Å²) in [5.41, 5.74) is 2.73. The van der Waals surface area contributed by atoms with E-state index in [1.807, 2.05) is 54.6 Å². The van der Waals surface area contributed by atoms with Crippen LogP contribution in [0.2, 0.25) is 0 Å². The molecule has 29 heavy (non-hydrogen) atoms. The Kier molecular flexibility index (Phi) is 7.41. The van der Waals surface area contributed by atoms with Crippen molar-refractivity contribution in [3.05, 3.63) is 66.2 Å². The fourth-order valence-electron chi connectivity index (χ4n) is 3.19. The molecule has 1 fully saturated rings. The van der Waals surface area contributed by atoms with Crippen LogP contribution >= 0.6 is 0 Å². The molecule has 0 saturated carbocycles. The van der Waals surface area contributed by atoms with E-state index in [0.717, 1.165) is 44.0 Å². The van der Waals surface area contributed by atoms with Crippen molar-refractivity contribution in [3.8, 4) is 0 Å². The highest BCUT2D eigenvalue weighted by Gasteiger charge is 2.15. The van der Waals surface area contributed by atoms with Crippen molar-refractivity contribution in [1.82, 2.24) is 4.90 Å². The van der Waals surface area contributed by atoms with Crippen molar-refractivity contribution in [1.29, 1.82) is 0 Å². The van der Waals surface area contributed by atoms with Gasteiger partial charge in [-0.1, -0.05) is 37.3 Å². The van der Waals surface area contributed by atoms with Crippen molar-refractivity contribution in [2.75, 3.05) is 49.5 Å². The molecular formula is C23H27N3O3. The zero-order valence-electron chi connectivity index (χ0n) is 16.7. The molecule has 152 valence electrons. The van der Waals surface area contributed by atoms with Crippen LogP contribution in [0, 0.1) is 0 Å². The number of hydrogen-bond acceptors (Lipinski definition) is 5. The number of anilines is 2. The average Bonchev–Trinajstić information content (AvgIpc) is 2.77. The summed E-state index contributed by atoms with van der Waals surface area (Å²) in [6.45, 7) is 7.10. The quantitative estimate of drug-likeness (QED) is 0.579. The van der Waals surface area contributed by atoms with E-state index in [2.05, 4.69) is 22.0 Å². The van der Waals surface area contributed by atoms with Crippen LogP contribution < -0.4 is 10.2 Å². The van der Waals surface area contributed by atoms with Gasteiger partial charge in [-0.15, -0.1) is 0 Å². The lowest BCUT2D eigenvalue weighted by Crippen LogP contribution is -2.46. The molecule has 3 rings (SSSR count). The number of likely N-dealkylation sites (N-methyl/N-ethyl adjacent to an activating group) is 1. The van der Waals surface area contributed by atoms with Gasteiger partial charge in [0.1, 0.15) is 0 Å². The lowest BCUT2D eigenvalue weighted by atomic mass is 10.2. The molecule has 2 aromatic rings. The highest BCUT2D eigenvalue weighted by Crippen LogP contribution is 2.19. The third kappa shape index (κ3) is 6.47. The number of rotatable bonds is 7. The van der Waals surface area contributed by atoms with Crippen molar-refractivity contribution in [2.45, 2.75) is 6.92 Å². The molecular weight excluding hydrogens is 366 g/mol. The van der Waals surface area contributed by atoms with Crippen molar-refractivity contribution >= 4 is 29.3 Å². The normalized spacial score (nSPS) is 14.7. The lowest BCUT2D eigenvalue weighted by Gasteiger charge is -2.35. The molecule has 6 nitrogen and oxygen atoms in total. The SMILES string of the molecule is CCN1CCN(c2ccc(NC(=O)COC(=O)/C=C/c3ccccc3)cc2)CC1. The maximum absolute atomic E-state index is 12.0. The molecule has 0 aromatic heterocycles. The highest BCUT2D eigenvalue weighted by atomic mass is 16.5. The van der Waals surface area contributed by atoms with E-state index in [-0.39, 0.29) is 12.5 Å². The van der Waals surface area contributed by atoms with Gasteiger partial charge in [-0.3, -0.25) is 4.79 Å². The summed E-state index contributed by atoms with van der Waals surface area (Å²) < 4.78 is 4.99. The van der Waals surface area contributed by atoms with E-state index >= 15 is 0 Å². The predicted molar refractivity (Wildman–Crippen MR) is 116 cm³/mol. The van der Waals surface area contributed by atoms with Gasteiger partial charge in [0.15, 0.2) is 6.61 Å². The molecule has 1 aliphatic heterocycles. The Morgan fingerprint density at radius 2 is 1.69 bits per heavy atom. The first-order valence-electron chi connectivity index (χ1n) is 9.91. The second-order valence-electron chi connectivity index (χ2n) is 6.87. The fourth-order valence-corrected chi connectivity index (χ4v) is 3.19. The van der Waals surface area contributed by atoms with Gasteiger partial charge >= 0.3 is 5.97 Å². The van der Waals surface area contributed by atoms with Gasteiger partial charge in [0.05, 0.1) is 0 Å². The van der Waals surface area contributed by atoms with Crippen LogP contribution in [0.3, 0.4) is 0 Å². The molecule has 2 aromatic carbocycles. The largest absolute Gasteiger partial charge is 0.452 e. The summed E-state index contributed by atoms with van der Waals surface area (Å²) in [5.74, 6) is -0.915. The number of ether oxygens (including phenoxy) is 1. The molecule has 1 amide bonds. The third-order valence-corrected chi connectivity index (χ3v) is 4.89. The molecule has 1 aliphatic rings. The van der Waals surface area contributed by atoms with Gasteiger partial charge in [0.2, 0.25) is 0 Å². The number of carbonyl (C=O) groups excluding carboxylic acids is 2. The van der Waals surface area contributed by atoms with E-state index in [0.29, 0.717) is 5.69 Å². The Morgan fingerprint density at radius 3 is 2.34 bits per heavy atom. The summed E-state index contributed by atoms with van der Waals surface area (Å²) in [6, 6.07) is 17.2. The van der Waals surface area contributed by atoms with Crippen molar-refractivity contribution < 1.29 is 14.3 Å².